The van der Waals surface area contributed by atoms with Gasteiger partial charge in [-0.1, -0.05) is 66.2 Å². The normalized spacial score (nSPS) is 11.6. The molecule has 1 N–H and O–H groups in total. The van der Waals surface area contributed by atoms with Crippen molar-refractivity contribution < 1.29 is 14.3 Å². The standard InChI is InChI=1S/C28H31ClN2O3/c1-19-14-20(2)21(3)26(15-19)34-18-27(32)31(17-23-12-8-9-13-24(23)29)25(28(33)30-4)16-22-10-6-5-7-11-22/h5-15,25H,16-18H2,1-4H3,(H,30,33). The molecule has 34 heavy (non-hydrogen) atoms. The van der Waals surface area contributed by atoms with Gasteiger partial charge in [-0.3, -0.25) is 9.59 Å². The predicted molar refractivity (Wildman–Crippen MR) is 136 cm³/mol. The Morgan fingerprint density at radius 3 is 2.35 bits per heavy atom. The zero-order chi connectivity index (χ0) is 24.7. The Kier molecular flexibility index (Phi) is 8.72. The summed E-state index contributed by atoms with van der Waals surface area (Å²) in [5, 5.41) is 3.26. The third-order valence-corrected chi connectivity index (χ3v) is 6.30. The fourth-order valence-electron chi connectivity index (χ4n) is 3.90. The molecule has 0 aliphatic rings. The van der Waals surface area contributed by atoms with E-state index in [1.165, 1.54) is 0 Å². The average molecular weight is 479 g/mol. The van der Waals surface area contributed by atoms with Crippen LogP contribution in [0.25, 0.3) is 0 Å². The van der Waals surface area contributed by atoms with Crippen LogP contribution < -0.4 is 10.1 Å². The maximum absolute atomic E-state index is 13.5. The van der Waals surface area contributed by atoms with Gasteiger partial charge in [-0.25, -0.2) is 0 Å². The number of carbonyl (C=O) groups excluding carboxylic acids is 2. The van der Waals surface area contributed by atoms with Gasteiger partial charge in [-0.2, -0.15) is 0 Å². The summed E-state index contributed by atoms with van der Waals surface area (Å²) in [5.74, 6) is 0.137. The van der Waals surface area contributed by atoms with Gasteiger partial charge in [-0.05, 0) is 60.7 Å². The third-order valence-electron chi connectivity index (χ3n) is 5.93. The minimum atomic E-state index is -0.722. The van der Waals surface area contributed by atoms with Crippen LogP contribution in [-0.4, -0.2) is 36.4 Å². The first kappa shape index (κ1) is 25.3. The Bertz CT molecular complexity index is 1150. The molecule has 178 valence electrons. The van der Waals surface area contributed by atoms with Gasteiger partial charge < -0.3 is 15.0 Å². The smallest absolute Gasteiger partial charge is 0.261 e. The van der Waals surface area contributed by atoms with Crippen molar-refractivity contribution in [2.75, 3.05) is 13.7 Å². The highest BCUT2D eigenvalue weighted by molar-refractivity contribution is 6.31. The number of hydrogen-bond acceptors (Lipinski definition) is 3. The quantitative estimate of drug-likeness (QED) is 0.469. The molecule has 0 aliphatic heterocycles. The molecular formula is C28H31ClN2O3. The monoisotopic (exact) mass is 478 g/mol. The van der Waals surface area contributed by atoms with Crippen molar-refractivity contribution in [2.24, 2.45) is 0 Å². The van der Waals surface area contributed by atoms with Gasteiger partial charge in [0.25, 0.3) is 5.91 Å². The SMILES string of the molecule is CNC(=O)C(Cc1ccccc1)N(Cc1ccccc1Cl)C(=O)COc1cc(C)cc(C)c1C. The van der Waals surface area contributed by atoms with Crippen LogP contribution in [0.3, 0.4) is 0 Å². The molecule has 0 aromatic heterocycles. The van der Waals surface area contributed by atoms with E-state index in [9.17, 15) is 9.59 Å². The van der Waals surface area contributed by atoms with Crippen molar-refractivity contribution in [3.8, 4) is 5.75 Å². The second-order valence-electron chi connectivity index (χ2n) is 8.43. The maximum atomic E-state index is 13.5. The topological polar surface area (TPSA) is 58.6 Å². The molecule has 0 fully saturated rings. The van der Waals surface area contributed by atoms with Crippen LogP contribution >= 0.6 is 11.6 Å². The van der Waals surface area contributed by atoms with Crippen LogP contribution in [0.5, 0.6) is 5.75 Å². The first-order chi connectivity index (χ1) is 16.3. The molecule has 0 aliphatic carbocycles. The van der Waals surface area contributed by atoms with Gasteiger partial charge in [-0.15, -0.1) is 0 Å². The molecule has 3 aromatic rings. The van der Waals surface area contributed by atoms with E-state index in [1.807, 2.05) is 75.4 Å². The van der Waals surface area contributed by atoms with Crippen molar-refractivity contribution in [2.45, 2.75) is 39.8 Å². The molecule has 0 spiro atoms. The van der Waals surface area contributed by atoms with E-state index in [1.54, 1.807) is 18.0 Å². The summed E-state index contributed by atoms with van der Waals surface area (Å²) in [7, 11) is 1.58. The second-order valence-corrected chi connectivity index (χ2v) is 8.83. The molecule has 1 atom stereocenters. The van der Waals surface area contributed by atoms with Crippen LogP contribution in [0.4, 0.5) is 0 Å². The van der Waals surface area contributed by atoms with Crippen molar-refractivity contribution in [1.82, 2.24) is 10.2 Å². The Labute approximate surface area is 206 Å². The van der Waals surface area contributed by atoms with Gasteiger partial charge >= 0.3 is 0 Å². The number of rotatable bonds is 9. The number of nitrogens with zero attached hydrogens (tertiary/aromatic N) is 1. The van der Waals surface area contributed by atoms with Crippen molar-refractivity contribution in [1.29, 1.82) is 0 Å². The number of aryl methyl sites for hydroxylation is 2. The van der Waals surface area contributed by atoms with Crippen molar-refractivity contribution in [3.05, 3.63) is 99.6 Å². The van der Waals surface area contributed by atoms with Crippen LogP contribution in [0, 0.1) is 20.8 Å². The lowest BCUT2D eigenvalue weighted by Gasteiger charge is -2.31. The van der Waals surface area contributed by atoms with Gasteiger partial charge in [0.15, 0.2) is 6.61 Å². The minimum Gasteiger partial charge on any atom is -0.483 e. The number of benzene rings is 3. The minimum absolute atomic E-state index is 0.184. The van der Waals surface area contributed by atoms with E-state index in [-0.39, 0.29) is 25.0 Å². The number of amides is 2. The average Bonchev–Trinajstić information content (AvgIpc) is 2.83. The lowest BCUT2D eigenvalue weighted by atomic mass is 10.0. The lowest BCUT2D eigenvalue weighted by Crippen LogP contribution is -2.51. The summed E-state index contributed by atoms with van der Waals surface area (Å²) in [6.45, 7) is 5.99. The summed E-state index contributed by atoms with van der Waals surface area (Å²) >= 11 is 6.41. The summed E-state index contributed by atoms with van der Waals surface area (Å²) in [6, 6.07) is 20.3. The van der Waals surface area contributed by atoms with Gasteiger partial charge in [0.05, 0.1) is 0 Å². The summed E-state index contributed by atoms with van der Waals surface area (Å²) in [5.41, 5.74) is 4.87. The Morgan fingerprint density at radius 2 is 1.68 bits per heavy atom. The molecule has 0 heterocycles. The Balaban J connectivity index is 1.92. The Hall–Kier alpha value is -3.31. The third kappa shape index (κ3) is 6.39. The van der Waals surface area contributed by atoms with Gasteiger partial charge in [0.1, 0.15) is 11.8 Å². The van der Waals surface area contributed by atoms with E-state index in [0.29, 0.717) is 17.2 Å². The Morgan fingerprint density at radius 1 is 1.00 bits per heavy atom. The molecule has 1 unspecified atom stereocenters. The summed E-state index contributed by atoms with van der Waals surface area (Å²) in [6.07, 6.45) is 0.374. The molecule has 3 rings (SSSR count). The van der Waals surface area contributed by atoms with Gasteiger partial charge in [0, 0.05) is 25.0 Å². The molecule has 2 amide bonds. The number of halogens is 1. The zero-order valence-corrected chi connectivity index (χ0v) is 20.9. The number of ether oxygens (including phenoxy) is 1. The van der Waals surface area contributed by atoms with E-state index < -0.39 is 6.04 Å². The van der Waals surface area contributed by atoms with E-state index >= 15 is 0 Å². The summed E-state index contributed by atoms with van der Waals surface area (Å²) < 4.78 is 5.97. The first-order valence-electron chi connectivity index (χ1n) is 11.3. The lowest BCUT2D eigenvalue weighted by molar-refractivity contribution is -0.142. The summed E-state index contributed by atoms with van der Waals surface area (Å²) in [4.78, 5) is 28.1. The highest BCUT2D eigenvalue weighted by Crippen LogP contribution is 2.24. The molecular weight excluding hydrogens is 448 g/mol. The fourth-order valence-corrected chi connectivity index (χ4v) is 4.10. The molecule has 0 saturated carbocycles. The second kappa shape index (κ2) is 11.7. The fraction of sp³-hybridized carbons (Fsp3) is 0.286. The number of likely N-dealkylation sites (N-methyl/N-ethyl adjacent to an activating group) is 1. The molecule has 0 radical (unpaired) electrons. The predicted octanol–water partition coefficient (Wildman–Crippen LogP) is 5.03. The van der Waals surface area contributed by atoms with Crippen LogP contribution in [0.1, 0.15) is 27.8 Å². The highest BCUT2D eigenvalue weighted by atomic mass is 35.5. The molecule has 3 aromatic carbocycles. The first-order valence-corrected chi connectivity index (χ1v) is 11.7. The van der Waals surface area contributed by atoms with Crippen LogP contribution in [0.2, 0.25) is 5.02 Å². The van der Waals surface area contributed by atoms with Crippen molar-refractivity contribution >= 4 is 23.4 Å². The highest BCUT2D eigenvalue weighted by Gasteiger charge is 2.30. The zero-order valence-electron chi connectivity index (χ0n) is 20.1. The molecule has 5 nitrogen and oxygen atoms in total. The van der Waals surface area contributed by atoms with E-state index in [2.05, 4.69) is 11.4 Å². The number of carbonyl (C=O) groups is 2. The number of nitrogens with one attached hydrogen (secondary N) is 1. The van der Waals surface area contributed by atoms with Crippen molar-refractivity contribution in [3.63, 3.8) is 0 Å². The molecule has 6 heteroatoms. The largest absolute Gasteiger partial charge is 0.483 e. The molecule has 0 saturated heterocycles. The van der Waals surface area contributed by atoms with E-state index in [0.717, 1.165) is 27.8 Å². The van der Waals surface area contributed by atoms with Crippen LogP contribution in [0.15, 0.2) is 66.7 Å². The van der Waals surface area contributed by atoms with Gasteiger partial charge in [0.2, 0.25) is 5.91 Å². The number of hydrogen-bond donors (Lipinski definition) is 1. The van der Waals surface area contributed by atoms with E-state index in [4.69, 9.17) is 16.3 Å². The van der Waals surface area contributed by atoms with Crippen LogP contribution in [-0.2, 0) is 22.6 Å². The molecule has 0 bridgehead atoms. The maximum Gasteiger partial charge on any atom is 0.261 e.